The van der Waals surface area contributed by atoms with Crippen LogP contribution < -0.4 is 25.6 Å². The maximum absolute atomic E-state index is 14.2. The molecule has 4 aliphatic rings. The first-order valence-corrected chi connectivity index (χ1v) is 24.0. The van der Waals surface area contributed by atoms with E-state index in [9.17, 15) is 13.2 Å². The third kappa shape index (κ3) is 8.28. The number of rotatable bonds is 5. The van der Waals surface area contributed by atoms with E-state index in [-0.39, 0.29) is 12.3 Å². The van der Waals surface area contributed by atoms with Crippen LogP contribution in [0.1, 0.15) is 29.5 Å². The first-order chi connectivity index (χ1) is 33.2. The Kier molecular flexibility index (Phi) is 11.7. The van der Waals surface area contributed by atoms with Crippen molar-refractivity contribution in [1.29, 1.82) is 0 Å². The molecule has 0 aromatic heterocycles. The molecule has 4 aliphatic heterocycles. The second kappa shape index (κ2) is 18.3. The molecule has 8 nitrogen and oxygen atoms in total. The zero-order valence-electron chi connectivity index (χ0n) is 37.4. The van der Waals surface area contributed by atoms with Crippen molar-refractivity contribution in [3.63, 3.8) is 0 Å². The zero-order chi connectivity index (χ0) is 46.4. The van der Waals surface area contributed by atoms with Crippen molar-refractivity contribution in [1.82, 2.24) is 4.90 Å². The van der Waals surface area contributed by atoms with Crippen LogP contribution in [-0.4, -0.2) is 53.8 Å². The average Bonchev–Trinajstić information content (AvgIpc) is 3.95. The predicted molar refractivity (Wildman–Crippen MR) is 261 cm³/mol. The molecule has 4 heterocycles. The molecule has 340 valence electrons. The minimum absolute atomic E-state index is 0.0847. The van der Waals surface area contributed by atoms with Crippen LogP contribution in [0.2, 0.25) is 0 Å². The summed E-state index contributed by atoms with van der Waals surface area (Å²) in [6.45, 7) is 2.92. The fourth-order valence-electron chi connectivity index (χ4n) is 9.92. The van der Waals surface area contributed by atoms with Crippen LogP contribution in [0.15, 0.2) is 152 Å². The maximum Gasteiger partial charge on any atom is 1.20 e. The molecular weight excluding hydrogens is 883 g/mol. The molecule has 68 heavy (non-hydrogen) atoms. The van der Waals surface area contributed by atoms with Gasteiger partial charge < -0.3 is 30.3 Å². The van der Waals surface area contributed by atoms with E-state index in [1.807, 2.05) is 84.9 Å². The van der Waals surface area contributed by atoms with Crippen LogP contribution in [0.5, 0.6) is 34.5 Å². The van der Waals surface area contributed by atoms with Crippen molar-refractivity contribution >= 4 is 58.2 Å². The van der Waals surface area contributed by atoms with E-state index in [4.69, 9.17) is 25.6 Å². The van der Waals surface area contributed by atoms with Crippen LogP contribution in [0.25, 0.3) is 65.3 Å². The van der Waals surface area contributed by atoms with Crippen molar-refractivity contribution in [2.24, 2.45) is 0 Å². The number of fused-ring (bicyclic) bond motifs is 4. The second-order valence-corrected chi connectivity index (χ2v) is 18.3. The van der Waals surface area contributed by atoms with Gasteiger partial charge in [0.1, 0.15) is 17.2 Å². The summed E-state index contributed by atoms with van der Waals surface area (Å²) >= 11 is -3.73. The van der Waals surface area contributed by atoms with Gasteiger partial charge in [0.2, 0.25) is 0 Å². The van der Waals surface area contributed by atoms with Gasteiger partial charge in [0.05, 0.1) is 25.7 Å². The Morgan fingerprint density at radius 3 is 1.35 bits per heavy atom. The number of hydrogen-bond donors (Lipinski definition) is 0. The quantitative estimate of drug-likeness (QED) is 0.158. The molecule has 0 atom stereocenters. The Hall–Kier alpha value is -6.94. The zero-order valence-corrected chi connectivity index (χ0v) is 38.6. The van der Waals surface area contributed by atoms with Gasteiger partial charge >= 0.3 is 21.5 Å². The summed E-state index contributed by atoms with van der Waals surface area (Å²) in [5.74, 6) is 1.69. The number of ether oxygens (including phenoxy) is 4. The summed E-state index contributed by atoms with van der Waals surface area (Å²) in [7, 11) is 3.29. The van der Waals surface area contributed by atoms with Gasteiger partial charge in [-0.25, -0.2) is 0 Å². The molecule has 1 saturated heterocycles. The van der Waals surface area contributed by atoms with E-state index < -0.39 is 27.3 Å². The topological polar surface area (TPSA) is 67.9 Å². The molecule has 0 saturated carbocycles. The normalized spacial score (nSPS) is 14.6. The van der Waals surface area contributed by atoms with Gasteiger partial charge in [-0.15, -0.1) is 13.2 Å². The standard InChI is InChI=1S/C52H40F3NO6.C4H8O.Al/c1-60-42-24-22-31-12-3-7-17-38(31)45(42)47-40-19-9-5-14-33(40)26-36(50(47)58)29-56(28-35-16-11-21-44(49(35)57)62-52(53,54)55)30-37-27-34-15-6-10-20-41(34)48(51(37)59)46-39-18-8-4-13-32(39)23-25-43(46)61-2;1-2-4-5-3-1;/h3-27,57-59H,28-30H2,1-2H3;1-4H2;/q;;+3/p-3. The largest absolute Gasteiger partial charge is 1.20 e. The van der Waals surface area contributed by atoms with Gasteiger partial charge in [-0.1, -0.05) is 121 Å². The van der Waals surface area contributed by atoms with Gasteiger partial charge in [-0.3, -0.25) is 4.90 Å². The highest BCUT2D eigenvalue weighted by molar-refractivity contribution is 6.40. The smallest absolute Gasteiger partial charge is 0.577 e. The lowest BCUT2D eigenvalue weighted by atomic mass is 9.89. The van der Waals surface area contributed by atoms with Crippen LogP contribution in [0.4, 0.5) is 13.2 Å². The summed E-state index contributed by atoms with van der Waals surface area (Å²) in [6.07, 6.45) is -2.43. The van der Waals surface area contributed by atoms with Crippen molar-refractivity contribution in [3.05, 3.63) is 168 Å². The van der Waals surface area contributed by atoms with E-state index in [2.05, 4.69) is 58.2 Å². The lowest BCUT2D eigenvalue weighted by Crippen LogP contribution is -2.40. The van der Waals surface area contributed by atoms with Gasteiger partial charge in [-0.05, 0) is 86.3 Å². The van der Waals surface area contributed by atoms with Gasteiger partial charge in [0.15, 0.2) is 5.75 Å². The lowest BCUT2D eigenvalue weighted by Gasteiger charge is -2.34. The minimum Gasteiger partial charge on any atom is -0.577 e. The third-order valence-electron chi connectivity index (χ3n) is 12.8. The van der Waals surface area contributed by atoms with Crippen molar-refractivity contribution in [2.75, 3.05) is 27.4 Å². The molecule has 0 N–H and O–H groups in total. The summed E-state index contributed by atoms with van der Waals surface area (Å²) in [6, 6.07) is 49.2. The molecule has 0 radical (unpaired) electrons. The van der Waals surface area contributed by atoms with Gasteiger partial charge in [-0.2, -0.15) is 0 Å². The summed E-state index contributed by atoms with van der Waals surface area (Å²) in [4.78, 5) is 2.19. The van der Waals surface area contributed by atoms with Crippen molar-refractivity contribution in [2.45, 2.75) is 38.8 Å². The van der Waals surface area contributed by atoms with Crippen LogP contribution in [0.3, 0.4) is 0 Å². The maximum atomic E-state index is 14.2. The highest BCUT2D eigenvalue weighted by atomic mass is 27.3. The number of halogens is 3. The molecule has 1 fully saturated rings. The molecule has 12 heteroatoms. The second-order valence-electron chi connectivity index (χ2n) is 17.0. The van der Waals surface area contributed by atoms with Gasteiger partial charge in [0, 0.05) is 71.8 Å². The van der Waals surface area contributed by atoms with E-state index in [0.717, 1.165) is 89.7 Å². The van der Waals surface area contributed by atoms with E-state index >= 15 is 0 Å². The minimum atomic E-state index is -4.99. The number of nitrogens with zero attached hydrogens (tertiary/aromatic N) is 1. The molecule has 0 aliphatic carbocycles. The number of methoxy groups -OCH3 is 2. The van der Waals surface area contributed by atoms with Crippen LogP contribution in [-0.2, 0) is 24.4 Å². The third-order valence-corrected chi connectivity index (χ3v) is 14.1. The number of benzene rings is 9. The van der Waals surface area contributed by atoms with Crippen LogP contribution in [0, 0.1) is 0 Å². The van der Waals surface area contributed by atoms with Crippen molar-refractivity contribution < 1.29 is 43.5 Å². The number of para-hydroxylation sites is 1. The fraction of sp³-hybridized carbons (Fsp3) is 0.179. The summed E-state index contributed by atoms with van der Waals surface area (Å²) in [5.41, 5.74) is 5.36. The Morgan fingerprint density at radius 2 is 0.897 bits per heavy atom. The lowest BCUT2D eigenvalue weighted by molar-refractivity contribution is -0.275. The fourth-order valence-corrected chi connectivity index (χ4v) is 11.4. The number of alkyl halides is 3. The van der Waals surface area contributed by atoms with E-state index in [1.54, 1.807) is 26.4 Å². The van der Waals surface area contributed by atoms with E-state index in [0.29, 0.717) is 41.7 Å². The highest BCUT2D eigenvalue weighted by Gasteiger charge is 2.50. The molecule has 0 amide bonds. The Labute approximate surface area is 396 Å². The molecular formula is C56H45AlF3NO7. The first-order valence-electron chi connectivity index (χ1n) is 22.6. The average molecular weight is 928 g/mol. The highest BCUT2D eigenvalue weighted by Crippen LogP contribution is 2.52. The molecule has 0 spiro atoms. The van der Waals surface area contributed by atoms with E-state index in [1.165, 1.54) is 18.9 Å². The molecule has 9 aromatic carbocycles. The summed E-state index contributed by atoms with van der Waals surface area (Å²) in [5, 5.41) is 7.63. The Morgan fingerprint density at radius 1 is 0.456 bits per heavy atom. The van der Waals surface area contributed by atoms with Crippen LogP contribution >= 0.6 is 0 Å². The molecule has 13 rings (SSSR count). The first kappa shape index (κ1) is 43.6. The SMILES string of the molecule is C1CCOC1.COc1ccc2ccccc2c1-c1c2c(cc3ccccc13)CN1Cc3cccc(OC(F)(F)F)c3[O][Al]([O]2)[O]c2c(cc3ccccc3c2-c2c(OC)ccc3ccccc23)C1. The van der Waals surface area contributed by atoms with Gasteiger partial charge in [0.25, 0.3) is 0 Å². The predicted octanol–water partition coefficient (Wildman–Crippen LogP) is 13.7. The molecule has 0 unspecified atom stereocenters. The molecule has 9 aromatic rings. The Balaban J connectivity index is 0.000000954. The summed E-state index contributed by atoms with van der Waals surface area (Å²) < 4.78 is 85.9. The number of hydrogen-bond acceptors (Lipinski definition) is 8. The van der Waals surface area contributed by atoms with Crippen molar-refractivity contribution in [3.8, 4) is 56.8 Å². The Bertz CT molecular complexity index is 3190. The molecule has 2 bridgehead atoms. The monoisotopic (exact) mass is 927 g/mol.